The van der Waals surface area contributed by atoms with E-state index in [0.29, 0.717) is 11.5 Å². The molecule has 4 atom stereocenters. The van der Waals surface area contributed by atoms with Crippen LogP contribution in [-0.4, -0.2) is 54.6 Å². The number of rotatable bonds is 3. The summed E-state index contributed by atoms with van der Waals surface area (Å²) in [4.78, 5) is 0. The maximum absolute atomic E-state index is 9.99. The van der Waals surface area contributed by atoms with E-state index in [2.05, 4.69) is 5.10 Å². The number of nitrogens with zero attached hydrogens (tertiary/aromatic N) is 2. The van der Waals surface area contributed by atoms with Crippen LogP contribution in [0.4, 0.5) is 0 Å². The average Bonchev–Trinajstić information content (AvgIpc) is 2.95. The van der Waals surface area contributed by atoms with Crippen molar-refractivity contribution in [3.8, 4) is 16.9 Å². The van der Waals surface area contributed by atoms with E-state index in [-0.39, 0.29) is 0 Å². The predicted molar refractivity (Wildman–Crippen MR) is 83.5 cm³/mol. The molecule has 1 aromatic heterocycles. The maximum Gasteiger partial charge on any atom is 0.173 e. The molecule has 3 rings (SSSR count). The topological polar surface area (TPSA) is 87.7 Å². The van der Waals surface area contributed by atoms with Crippen LogP contribution in [0, 0.1) is 0 Å². The molecule has 0 saturated carbocycles. The van der Waals surface area contributed by atoms with Gasteiger partial charge in [0.2, 0.25) is 0 Å². The molecule has 1 fully saturated rings. The lowest BCUT2D eigenvalue weighted by molar-refractivity contribution is -0.0786. The zero-order chi connectivity index (χ0) is 15.7. The molecular formula is C15H18N2O4S. The fraction of sp³-hybridized carbons (Fsp3) is 0.400. The van der Waals surface area contributed by atoms with Crippen LogP contribution in [0.1, 0.15) is 0 Å². The predicted octanol–water partition coefficient (Wildman–Crippen LogP) is 0.621. The summed E-state index contributed by atoms with van der Waals surface area (Å²) in [6.45, 7) is 0. The molecule has 6 nitrogen and oxygen atoms in total. The minimum atomic E-state index is -1.19. The second-order valence-electron chi connectivity index (χ2n) is 5.30. The van der Waals surface area contributed by atoms with Gasteiger partial charge in [-0.05, 0) is 17.7 Å². The molecule has 1 aliphatic rings. The van der Waals surface area contributed by atoms with Gasteiger partial charge in [0.25, 0.3) is 0 Å². The van der Waals surface area contributed by atoms with Gasteiger partial charge in [0.05, 0.1) is 12.3 Å². The molecular weight excluding hydrogens is 304 g/mol. The number of aromatic nitrogens is 2. The number of thioether (sulfide) groups is 1. The van der Waals surface area contributed by atoms with Gasteiger partial charge in [0.1, 0.15) is 18.0 Å². The fourth-order valence-electron chi connectivity index (χ4n) is 2.34. The van der Waals surface area contributed by atoms with E-state index in [1.165, 1.54) is 11.8 Å². The summed E-state index contributed by atoms with van der Waals surface area (Å²) in [6.07, 6.45) is 0.428. The van der Waals surface area contributed by atoms with Crippen LogP contribution in [0.2, 0.25) is 0 Å². The van der Waals surface area contributed by atoms with E-state index in [4.69, 9.17) is 4.74 Å². The lowest BCUT2D eigenvalue weighted by Crippen LogP contribution is -2.50. The number of ether oxygens (including phenoxy) is 1. The number of aliphatic hydroxyl groups is 3. The Bertz CT molecular complexity index is 648. The van der Waals surface area contributed by atoms with Crippen LogP contribution < -0.4 is 4.74 Å². The number of hydrogen-bond acceptors (Lipinski definition) is 6. The number of hydrogen-bond donors (Lipinski definition) is 3. The lowest BCUT2D eigenvalue weighted by atomic mass is 10.1. The quantitative estimate of drug-likeness (QED) is 0.768. The van der Waals surface area contributed by atoms with Crippen LogP contribution in [0.5, 0.6) is 5.75 Å². The Hall–Kier alpha value is -1.54. The van der Waals surface area contributed by atoms with E-state index in [0.717, 1.165) is 11.1 Å². The highest BCUT2D eigenvalue weighted by atomic mass is 32.2. The van der Waals surface area contributed by atoms with Gasteiger partial charge in [-0.15, -0.1) is 11.8 Å². The molecule has 0 spiro atoms. The van der Waals surface area contributed by atoms with Crippen molar-refractivity contribution in [1.82, 2.24) is 9.78 Å². The Labute approximate surface area is 132 Å². The standard InChI is InChI=1S/C15H18N2O4S/c1-17-7-10(6-16-17)9-3-2-4-11(5-9)21-15-14(20)13(19)12(18)8-22-15/h2-7,12-15,18-20H,8H2,1H3/t12-,13+,14-,15-/m1/s1. The Kier molecular flexibility index (Phi) is 4.39. The molecule has 2 aromatic rings. The number of aliphatic hydroxyl groups excluding tert-OH is 3. The first-order valence-corrected chi connectivity index (χ1v) is 8.01. The number of benzene rings is 1. The van der Waals surface area contributed by atoms with Gasteiger partial charge in [0.15, 0.2) is 5.44 Å². The number of aryl methyl sites for hydroxylation is 1. The first-order valence-electron chi connectivity index (χ1n) is 6.96. The summed E-state index contributed by atoms with van der Waals surface area (Å²) in [5.41, 5.74) is 1.32. The van der Waals surface area contributed by atoms with Gasteiger partial charge in [-0.2, -0.15) is 5.10 Å². The first kappa shape index (κ1) is 15.4. The van der Waals surface area contributed by atoms with Crippen molar-refractivity contribution in [2.24, 2.45) is 7.05 Å². The third kappa shape index (κ3) is 3.12. The highest BCUT2D eigenvalue weighted by Gasteiger charge is 2.38. The Morgan fingerprint density at radius 1 is 1.23 bits per heavy atom. The van der Waals surface area contributed by atoms with Gasteiger partial charge >= 0.3 is 0 Å². The molecule has 118 valence electrons. The second kappa shape index (κ2) is 6.29. The van der Waals surface area contributed by atoms with Gasteiger partial charge in [-0.3, -0.25) is 4.68 Å². The zero-order valence-electron chi connectivity index (χ0n) is 12.0. The van der Waals surface area contributed by atoms with Crippen molar-refractivity contribution in [2.75, 3.05) is 5.75 Å². The molecule has 2 heterocycles. The molecule has 3 N–H and O–H groups in total. The monoisotopic (exact) mass is 322 g/mol. The van der Waals surface area contributed by atoms with E-state index in [9.17, 15) is 15.3 Å². The lowest BCUT2D eigenvalue weighted by Gasteiger charge is -2.34. The van der Waals surface area contributed by atoms with Crippen LogP contribution in [0.25, 0.3) is 11.1 Å². The summed E-state index contributed by atoms with van der Waals surface area (Å²) >= 11 is 1.29. The molecule has 7 heteroatoms. The minimum absolute atomic E-state index is 0.325. The van der Waals surface area contributed by atoms with Crippen molar-refractivity contribution in [3.05, 3.63) is 36.7 Å². The van der Waals surface area contributed by atoms with E-state index >= 15 is 0 Å². The molecule has 0 bridgehead atoms. The SMILES string of the molecule is Cn1cc(-c2cccc(O[C@@H]3SC[C@@H](O)[C@H](O)[C@H]3O)c2)cn1. The summed E-state index contributed by atoms with van der Waals surface area (Å²) < 4.78 is 7.49. The summed E-state index contributed by atoms with van der Waals surface area (Å²) in [5, 5.41) is 33.4. The molecule has 0 amide bonds. The normalized spacial score (nSPS) is 28.5. The highest BCUT2D eigenvalue weighted by molar-refractivity contribution is 7.99. The van der Waals surface area contributed by atoms with Gasteiger partial charge in [0, 0.05) is 24.6 Å². The van der Waals surface area contributed by atoms with E-state index in [1.807, 2.05) is 31.4 Å². The van der Waals surface area contributed by atoms with Gasteiger partial charge in [-0.25, -0.2) is 0 Å². The van der Waals surface area contributed by atoms with Crippen LogP contribution in [0.15, 0.2) is 36.7 Å². The molecule has 22 heavy (non-hydrogen) atoms. The Balaban J connectivity index is 1.76. The average molecular weight is 322 g/mol. The first-order chi connectivity index (χ1) is 10.5. The Morgan fingerprint density at radius 2 is 2.05 bits per heavy atom. The smallest absolute Gasteiger partial charge is 0.173 e. The molecule has 1 aliphatic heterocycles. The van der Waals surface area contributed by atoms with Gasteiger partial charge < -0.3 is 20.1 Å². The van der Waals surface area contributed by atoms with Crippen molar-refractivity contribution >= 4 is 11.8 Å². The maximum atomic E-state index is 9.99. The molecule has 1 aromatic carbocycles. The van der Waals surface area contributed by atoms with E-state index in [1.54, 1.807) is 16.9 Å². The second-order valence-corrected chi connectivity index (χ2v) is 6.43. The van der Waals surface area contributed by atoms with Crippen LogP contribution >= 0.6 is 11.8 Å². The minimum Gasteiger partial charge on any atom is -0.477 e. The van der Waals surface area contributed by atoms with Crippen LogP contribution in [0.3, 0.4) is 0 Å². The van der Waals surface area contributed by atoms with Crippen molar-refractivity contribution in [2.45, 2.75) is 23.7 Å². The summed E-state index contributed by atoms with van der Waals surface area (Å²) in [7, 11) is 1.85. The summed E-state index contributed by atoms with van der Waals surface area (Å²) in [5.74, 6) is 0.923. The third-order valence-corrected chi connectivity index (χ3v) is 4.82. The van der Waals surface area contributed by atoms with Crippen LogP contribution in [-0.2, 0) is 7.05 Å². The molecule has 1 saturated heterocycles. The fourth-order valence-corrected chi connectivity index (χ4v) is 3.46. The van der Waals surface area contributed by atoms with Crippen molar-refractivity contribution < 1.29 is 20.1 Å². The largest absolute Gasteiger partial charge is 0.477 e. The molecule has 0 radical (unpaired) electrons. The summed E-state index contributed by atoms with van der Waals surface area (Å²) in [6, 6.07) is 7.47. The van der Waals surface area contributed by atoms with Crippen molar-refractivity contribution in [3.63, 3.8) is 0 Å². The van der Waals surface area contributed by atoms with Gasteiger partial charge in [-0.1, -0.05) is 12.1 Å². The highest BCUT2D eigenvalue weighted by Crippen LogP contribution is 2.31. The zero-order valence-corrected chi connectivity index (χ0v) is 12.8. The third-order valence-electron chi connectivity index (χ3n) is 3.58. The van der Waals surface area contributed by atoms with Crippen molar-refractivity contribution in [1.29, 1.82) is 0 Å². The molecule has 0 unspecified atom stereocenters. The van der Waals surface area contributed by atoms with E-state index < -0.39 is 23.7 Å². The molecule has 0 aliphatic carbocycles. The Morgan fingerprint density at radius 3 is 2.77 bits per heavy atom.